The molecule has 0 aromatic carbocycles. The molecule has 0 spiro atoms. The van der Waals surface area contributed by atoms with Crippen LogP contribution in [0.25, 0.3) is 11.1 Å². The Kier molecular flexibility index (Phi) is 7.91. The highest BCUT2D eigenvalue weighted by atomic mass is 16.5. The van der Waals surface area contributed by atoms with Gasteiger partial charge in [0.25, 0.3) is 11.5 Å². The molecule has 8 rings (SSSR count). The van der Waals surface area contributed by atoms with Crippen molar-refractivity contribution < 1.29 is 14.3 Å². The van der Waals surface area contributed by atoms with E-state index in [4.69, 9.17) is 4.74 Å². The maximum Gasteiger partial charge on any atom is 0.276 e. The number of hydrogen-bond acceptors (Lipinski definition) is 9. The van der Waals surface area contributed by atoms with Gasteiger partial charge in [-0.15, -0.1) is 0 Å². The Bertz CT molecular complexity index is 2050. The Morgan fingerprint density at radius 3 is 2.54 bits per heavy atom. The Hall–Kier alpha value is -4.81. The number of rotatable bonds is 7. The number of fused-ring (bicyclic) bond motifs is 3. The number of amides is 1. The van der Waals surface area contributed by atoms with E-state index in [1.165, 1.54) is 15.8 Å². The summed E-state index contributed by atoms with van der Waals surface area (Å²) in [5.74, 6) is 0.700. The van der Waals surface area contributed by atoms with E-state index in [1.807, 2.05) is 24.4 Å². The molecule has 3 aliphatic heterocycles. The number of nitrogens with zero attached hydrogens (tertiary/aromatic N) is 7. The lowest BCUT2D eigenvalue weighted by molar-refractivity contribution is -0.0828. The second kappa shape index (κ2) is 12.2. The van der Waals surface area contributed by atoms with Gasteiger partial charge in [-0.05, 0) is 73.6 Å². The lowest BCUT2D eigenvalue weighted by Gasteiger charge is -2.50. The van der Waals surface area contributed by atoms with E-state index in [0.29, 0.717) is 70.9 Å². The molecule has 0 saturated carbocycles. The summed E-state index contributed by atoms with van der Waals surface area (Å²) in [7, 11) is 1.68. The topological polar surface area (TPSA) is 118 Å². The Morgan fingerprint density at radius 1 is 1.00 bits per heavy atom. The van der Waals surface area contributed by atoms with Crippen molar-refractivity contribution in [2.75, 3.05) is 48.0 Å². The lowest BCUT2D eigenvalue weighted by Crippen LogP contribution is -2.63. The highest BCUT2D eigenvalue weighted by Crippen LogP contribution is 2.40. The summed E-state index contributed by atoms with van der Waals surface area (Å²) in [6.45, 7) is 13.6. The first-order valence-electron chi connectivity index (χ1n) is 17.5. The van der Waals surface area contributed by atoms with Crippen LogP contribution >= 0.6 is 0 Å². The number of anilines is 4. The molecule has 1 amide bonds. The highest BCUT2D eigenvalue weighted by Gasteiger charge is 2.38. The van der Waals surface area contributed by atoms with Crippen molar-refractivity contribution in [1.29, 1.82) is 0 Å². The van der Waals surface area contributed by atoms with E-state index < -0.39 is 0 Å². The van der Waals surface area contributed by atoms with Crippen molar-refractivity contribution in [2.45, 2.75) is 65.2 Å². The largest absolute Gasteiger partial charge is 0.378 e. The molecule has 50 heavy (non-hydrogen) atoms. The predicted octanol–water partition coefficient (Wildman–Crippen LogP) is 4.28. The van der Waals surface area contributed by atoms with Crippen molar-refractivity contribution in [3.05, 3.63) is 81.8 Å². The number of aromatic nitrogens is 4. The molecule has 2 atom stereocenters. The first-order chi connectivity index (χ1) is 24.0. The van der Waals surface area contributed by atoms with E-state index in [1.54, 1.807) is 36.5 Å². The molecule has 4 aromatic rings. The summed E-state index contributed by atoms with van der Waals surface area (Å²) in [6.07, 6.45) is 7.80. The van der Waals surface area contributed by atoms with Crippen LogP contribution in [0.2, 0.25) is 0 Å². The summed E-state index contributed by atoms with van der Waals surface area (Å²) in [5, 5.41) is 3.21. The number of ether oxygens (including phenoxy) is 1. The summed E-state index contributed by atoms with van der Waals surface area (Å²) < 4.78 is 9.06. The molecular formula is C38H44N8O4. The normalized spacial score (nSPS) is 21.9. The third-order valence-corrected chi connectivity index (χ3v) is 10.9. The molecule has 12 heteroatoms. The van der Waals surface area contributed by atoms with Gasteiger partial charge in [-0.1, -0.05) is 13.8 Å². The SMILES string of the molecule is C[C@@H]1CN(c2ccc(Nc3cc(-c4ccnc(N5CCn6c(cc7c6CC(C)(C)C7)C5=O)c4C=O)cn(C)c3=O)nc2)[C@@H](C)CN1C1COC1. The van der Waals surface area contributed by atoms with Gasteiger partial charge in [-0.3, -0.25) is 24.2 Å². The second-order valence-corrected chi connectivity index (χ2v) is 15.2. The van der Waals surface area contributed by atoms with Gasteiger partial charge >= 0.3 is 0 Å². The van der Waals surface area contributed by atoms with Gasteiger partial charge in [0.05, 0.1) is 36.7 Å². The molecule has 7 heterocycles. The lowest BCUT2D eigenvalue weighted by atomic mass is 9.90. The third-order valence-electron chi connectivity index (χ3n) is 10.9. The fourth-order valence-electron chi connectivity index (χ4n) is 8.31. The van der Waals surface area contributed by atoms with Crippen molar-refractivity contribution in [3.63, 3.8) is 0 Å². The van der Waals surface area contributed by atoms with Gasteiger partial charge in [-0.25, -0.2) is 9.97 Å². The van der Waals surface area contributed by atoms with E-state index in [-0.39, 0.29) is 16.9 Å². The van der Waals surface area contributed by atoms with Crippen LogP contribution < -0.4 is 20.7 Å². The fraction of sp³-hybridized carbons (Fsp3) is 0.447. The van der Waals surface area contributed by atoms with Crippen molar-refractivity contribution in [3.8, 4) is 11.1 Å². The summed E-state index contributed by atoms with van der Waals surface area (Å²) >= 11 is 0. The van der Waals surface area contributed by atoms with Crippen LogP contribution in [0.5, 0.6) is 0 Å². The number of nitrogens with one attached hydrogen (secondary N) is 1. The van der Waals surface area contributed by atoms with Crippen LogP contribution in [0.15, 0.2) is 53.7 Å². The molecular weight excluding hydrogens is 632 g/mol. The van der Waals surface area contributed by atoms with Crippen molar-refractivity contribution in [2.24, 2.45) is 12.5 Å². The predicted molar refractivity (Wildman–Crippen MR) is 193 cm³/mol. The number of carbonyl (C=O) groups excluding carboxylic acids is 2. The van der Waals surface area contributed by atoms with E-state index >= 15 is 0 Å². The van der Waals surface area contributed by atoms with E-state index in [2.05, 4.69) is 57.3 Å². The minimum Gasteiger partial charge on any atom is -0.378 e. The molecule has 260 valence electrons. The average molecular weight is 677 g/mol. The smallest absolute Gasteiger partial charge is 0.276 e. The zero-order chi connectivity index (χ0) is 34.9. The number of pyridine rings is 3. The van der Waals surface area contributed by atoms with Crippen LogP contribution in [-0.4, -0.2) is 87.2 Å². The van der Waals surface area contributed by atoms with Crippen molar-refractivity contribution >= 4 is 35.2 Å². The van der Waals surface area contributed by atoms with Gasteiger partial charge < -0.3 is 24.1 Å². The Labute approximate surface area is 291 Å². The Morgan fingerprint density at radius 2 is 1.82 bits per heavy atom. The molecule has 2 fully saturated rings. The quantitative estimate of drug-likeness (QED) is 0.286. The van der Waals surface area contributed by atoms with Crippen LogP contribution in [0.1, 0.15) is 59.8 Å². The van der Waals surface area contributed by atoms with Gasteiger partial charge in [0.15, 0.2) is 6.29 Å². The fourth-order valence-corrected chi connectivity index (χ4v) is 8.31. The standard InChI is InChI=1S/C38H44N8O4/c1-23-18-46(28-21-50-22-28)24(2)17-45(23)27-6-7-34(40-16-27)41-31-12-26(19-42(5)36(31)48)29-8-9-39-35(30(29)20-47)44-11-10-43-32(37(44)49)13-25-14-38(3,4)15-33(25)43/h6-9,12-13,16,19-20,23-24,28H,10-11,14-15,17-18,21-22H2,1-5H3,(H,40,41)/t23-,24+/m0/s1. The first-order valence-corrected chi connectivity index (χ1v) is 17.5. The molecule has 4 aliphatic rings. The van der Waals surface area contributed by atoms with Gasteiger partial charge in [0.2, 0.25) is 0 Å². The number of piperazine rings is 1. The minimum absolute atomic E-state index is 0.160. The molecule has 1 aliphatic carbocycles. The number of aryl methyl sites for hydroxylation is 1. The van der Waals surface area contributed by atoms with Crippen molar-refractivity contribution in [1.82, 2.24) is 24.0 Å². The molecule has 4 aromatic heterocycles. The zero-order valence-electron chi connectivity index (χ0n) is 29.3. The van der Waals surface area contributed by atoms with Gasteiger partial charge in [0.1, 0.15) is 23.0 Å². The number of aldehydes is 1. The average Bonchev–Trinajstić information content (AvgIpc) is 3.56. The summed E-state index contributed by atoms with van der Waals surface area (Å²) in [6, 6.07) is 10.7. The monoisotopic (exact) mass is 676 g/mol. The van der Waals surface area contributed by atoms with Crippen LogP contribution in [0, 0.1) is 5.41 Å². The third kappa shape index (κ3) is 5.50. The second-order valence-electron chi connectivity index (χ2n) is 15.2. The van der Waals surface area contributed by atoms with E-state index in [0.717, 1.165) is 51.1 Å². The molecule has 0 bridgehead atoms. The molecule has 1 N–H and O–H groups in total. The summed E-state index contributed by atoms with van der Waals surface area (Å²) in [4.78, 5) is 55.6. The molecule has 2 saturated heterocycles. The van der Waals surface area contributed by atoms with Crippen LogP contribution in [-0.2, 0) is 31.2 Å². The Balaban J connectivity index is 1.04. The van der Waals surface area contributed by atoms with Crippen LogP contribution in [0.4, 0.5) is 23.0 Å². The zero-order valence-corrected chi connectivity index (χ0v) is 29.3. The van der Waals surface area contributed by atoms with Crippen LogP contribution in [0.3, 0.4) is 0 Å². The number of carbonyl (C=O) groups is 2. The maximum absolute atomic E-state index is 13.8. The van der Waals surface area contributed by atoms with Gasteiger partial charge in [-0.2, -0.15) is 0 Å². The molecule has 0 unspecified atom stereocenters. The minimum atomic E-state index is -0.233. The van der Waals surface area contributed by atoms with Gasteiger partial charge in [0, 0.05) is 69.0 Å². The van der Waals surface area contributed by atoms with E-state index in [9.17, 15) is 14.4 Å². The molecule has 12 nitrogen and oxygen atoms in total. The molecule has 0 radical (unpaired) electrons. The highest BCUT2D eigenvalue weighted by molar-refractivity contribution is 6.08. The number of hydrogen-bond donors (Lipinski definition) is 1. The first kappa shape index (κ1) is 32.4. The summed E-state index contributed by atoms with van der Waals surface area (Å²) in [5.41, 5.74) is 5.96. The maximum atomic E-state index is 13.8.